The molecule has 0 saturated carbocycles. The monoisotopic (exact) mass is 196 g/mol. The van der Waals surface area contributed by atoms with Crippen molar-refractivity contribution in [3.63, 3.8) is 0 Å². The smallest absolute Gasteiger partial charge is 0.151 e. The van der Waals surface area contributed by atoms with Gasteiger partial charge in [-0.25, -0.2) is 0 Å². The summed E-state index contributed by atoms with van der Waals surface area (Å²) in [6.45, 7) is 0. The molecule has 0 amide bonds. The second kappa shape index (κ2) is 3.81. The number of benzene rings is 1. The quantitative estimate of drug-likeness (QED) is 0.691. The SMILES string of the molecule is N#Cc1cc(C=O)cn1-c1ccccc1. The minimum absolute atomic E-state index is 0.461. The summed E-state index contributed by atoms with van der Waals surface area (Å²) in [7, 11) is 0. The van der Waals surface area contributed by atoms with Crippen LogP contribution in [0.1, 0.15) is 16.1 Å². The molecule has 0 bridgehead atoms. The Bertz CT molecular complexity index is 520. The van der Waals surface area contributed by atoms with Crippen molar-refractivity contribution >= 4 is 6.29 Å². The van der Waals surface area contributed by atoms with Crippen LogP contribution in [0.15, 0.2) is 42.6 Å². The summed E-state index contributed by atoms with van der Waals surface area (Å²) in [6.07, 6.45) is 2.39. The van der Waals surface area contributed by atoms with Crippen LogP contribution in [0.2, 0.25) is 0 Å². The summed E-state index contributed by atoms with van der Waals surface area (Å²) in [4.78, 5) is 10.6. The molecule has 1 aromatic carbocycles. The van der Waals surface area contributed by atoms with Gasteiger partial charge in [0.05, 0.1) is 0 Å². The van der Waals surface area contributed by atoms with Gasteiger partial charge in [-0.15, -0.1) is 0 Å². The molecule has 3 heteroatoms. The lowest BCUT2D eigenvalue weighted by Gasteiger charge is -2.02. The summed E-state index contributed by atoms with van der Waals surface area (Å²) in [5.41, 5.74) is 1.85. The van der Waals surface area contributed by atoms with Crippen molar-refractivity contribution in [3.8, 4) is 11.8 Å². The highest BCUT2D eigenvalue weighted by molar-refractivity contribution is 5.75. The molecule has 0 aliphatic rings. The molecule has 2 aromatic rings. The highest BCUT2D eigenvalue weighted by Gasteiger charge is 2.05. The molecule has 1 aromatic heterocycles. The van der Waals surface area contributed by atoms with Gasteiger partial charge in [-0.3, -0.25) is 4.79 Å². The van der Waals surface area contributed by atoms with Gasteiger partial charge in [0.25, 0.3) is 0 Å². The third kappa shape index (κ3) is 1.65. The van der Waals surface area contributed by atoms with Gasteiger partial charge in [0, 0.05) is 17.4 Å². The summed E-state index contributed by atoms with van der Waals surface area (Å²) in [5.74, 6) is 0. The molecule has 3 nitrogen and oxygen atoms in total. The van der Waals surface area contributed by atoms with Crippen LogP contribution in [-0.4, -0.2) is 10.9 Å². The molecule has 15 heavy (non-hydrogen) atoms. The predicted molar refractivity (Wildman–Crippen MR) is 55.9 cm³/mol. The molecular formula is C12H8N2O. The second-order valence-electron chi connectivity index (χ2n) is 3.09. The second-order valence-corrected chi connectivity index (χ2v) is 3.09. The van der Waals surface area contributed by atoms with Crippen molar-refractivity contribution in [2.24, 2.45) is 0 Å². The Kier molecular flexibility index (Phi) is 2.34. The Balaban J connectivity index is 2.58. The van der Waals surface area contributed by atoms with Gasteiger partial charge in [-0.1, -0.05) is 18.2 Å². The maximum atomic E-state index is 10.6. The molecule has 0 aliphatic heterocycles. The zero-order valence-corrected chi connectivity index (χ0v) is 7.92. The van der Waals surface area contributed by atoms with Crippen molar-refractivity contribution < 1.29 is 4.79 Å². The predicted octanol–water partition coefficient (Wildman–Crippen LogP) is 2.16. The molecule has 0 N–H and O–H groups in total. The van der Waals surface area contributed by atoms with E-state index in [2.05, 4.69) is 6.07 Å². The number of hydrogen-bond acceptors (Lipinski definition) is 2. The Morgan fingerprint density at radius 2 is 2.00 bits per heavy atom. The lowest BCUT2D eigenvalue weighted by atomic mass is 10.3. The number of para-hydroxylation sites is 1. The number of aldehydes is 1. The first-order valence-electron chi connectivity index (χ1n) is 4.48. The molecule has 0 saturated heterocycles. The average molecular weight is 196 g/mol. The van der Waals surface area contributed by atoms with Gasteiger partial charge >= 0.3 is 0 Å². The maximum Gasteiger partial charge on any atom is 0.151 e. The Labute approximate surface area is 87.2 Å². The minimum atomic E-state index is 0.461. The fourth-order valence-electron chi connectivity index (χ4n) is 1.44. The van der Waals surface area contributed by atoms with E-state index in [0.29, 0.717) is 11.3 Å². The first-order valence-corrected chi connectivity index (χ1v) is 4.48. The van der Waals surface area contributed by atoms with Crippen molar-refractivity contribution in [1.29, 1.82) is 5.26 Å². The highest BCUT2D eigenvalue weighted by Crippen LogP contribution is 2.13. The molecule has 0 unspecified atom stereocenters. The number of nitriles is 1. The normalized spacial score (nSPS) is 9.53. The van der Waals surface area contributed by atoms with E-state index in [1.54, 1.807) is 16.8 Å². The van der Waals surface area contributed by atoms with Crippen molar-refractivity contribution in [2.75, 3.05) is 0 Å². The number of aromatic nitrogens is 1. The number of nitrogens with zero attached hydrogens (tertiary/aromatic N) is 2. The average Bonchev–Trinajstić information content (AvgIpc) is 2.73. The zero-order chi connectivity index (χ0) is 10.7. The first kappa shape index (κ1) is 9.22. The van der Waals surface area contributed by atoms with Crippen LogP contribution in [-0.2, 0) is 0 Å². The molecular weight excluding hydrogens is 188 g/mol. The Hall–Kier alpha value is -2.34. The number of carbonyl (C=O) groups excluding carboxylic acids is 1. The van der Waals surface area contributed by atoms with E-state index >= 15 is 0 Å². The fraction of sp³-hybridized carbons (Fsp3) is 0. The van der Waals surface area contributed by atoms with Crippen LogP contribution in [0.5, 0.6) is 0 Å². The van der Waals surface area contributed by atoms with Gasteiger partial charge in [-0.2, -0.15) is 5.26 Å². The molecule has 72 valence electrons. The fourth-order valence-corrected chi connectivity index (χ4v) is 1.44. The number of hydrogen-bond donors (Lipinski definition) is 0. The standard InChI is InChI=1S/C12H8N2O/c13-7-12-6-10(9-15)8-14(12)11-4-2-1-3-5-11/h1-6,8-9H. The molecule has 0 radical (unpaired) electrons. The van der Waals surface area contributed by atoms with E-state index in [4.69, 9.17) is 5.26 Å². The summed E-state index contributed by atoms with van der Waals surface area (Å²) in [5, 5.41) is 8.90. The zero-order valence-electron chi connectivity index (χ0n) is 7.92. The van der Waals surface area contributed by atoms with E-state index < -0.39 is 0 Å². The van der Waals surface area contributed by atoms with E-state index in [0.717, 1.165) is 12.0 Å². The third-order valence-corrected chi connectivity index (χ3v) is 2.13. The first-order chi connectivity index (χ1) is 7.35. The van der Waals surface area contributed by atoms with E-state index in [1.807, 2.05) is 30.3 Å². The van der Waals surface area contributed by atoms with Gasteiger partial charge in [0.15, 0.2) is 6.29 Å². The molecule has 0 aliphatic carbocycles. The maximum absolute atomic E-state index is 10.6. The molecule has 0 fully saturated rings. The summed E-state index contributed by atoms with van der Waals surface area (Å²) < 4.78 is 1.70. The Morgan fingerprint density at radius 3 is 2.60 bits per heavy atom. The molecule has 0 atom stereocenters. The van der Waals surface area contributed by atoms with Gasteiger partial charge in [0.2, 0.25) is 0 Å². The summed E-state index contributed by atoms with van der Waals surface area (Å²) in [6, 6.07) is 13.1. The van der Waals surface area contributed by atoms with E-state index in [9.17, 15) is 4.79 Å². The van der Waals surface area contributed by atoms with Crippen molar-refractivity contribution in [1.82, 2.24) is 4.57 Å². The number of carbonyl (C=O) groups is 1. The summed E-state index contributed by atoms with van der Waals surface area (Å²) >= 11 is 0. The lowest BCUT2D eigenvalue weighted by molar-refractivity contribution is 0.112. The van der Waals surface area contributed by atoms with Crippen LogP contribution in [0.4, 0.5) is 0 Å². The van der Waals surface area contributed by atoms with Crippen LogP contribution >= 0.6 is 0 Å². The largest absolute Gasteiger partial charge is 0.308 e. The van der Waals surface area contributed by atoms with Crippen molar-refractivity contribution in [2.45, 2.75) is 0 Å². The minimum Gasteiger partial charge on any atom is -0.308 e. The van der Waals surface area contributed by atoms with Crippen LogP contribution in [0, 0.1) is 11.3 Å². The van der Waals surface area contributed by atoms with Gasteiger partial charge in [0.1, 0.15) is 11.8 Å². The molecule has 2 rings (SSSR count). The van der Waals surface area contributed by atoms with Crippen LogP contribution in [0.3, 0.4) is 0 Å². The van der Waals surface area contributed by atoms with E-state index in [1.165, 1.54) is 0 Å². The van der Waals surface area contributed by atoms with E-state index in [-0.39, 0.29) is 0 Å². The third-order valence-electron chi connectivity index (χ3n) is 2.13. The lowest BCUT2D eigenvalue weighted by Crippen LogP contribution is -1.94. The van der Waals surface area contributed by atoms with Gasteiger partial charge < -0.3 is 4.57 Å². The molecule has 0 spiro atoms. The van der Waals surface area contributed by atoms with Gasteiger partial charge in [-0.05, 0) is 18.2 Å². The Morgan fingerprint density at radius 1 is 1.27 bits per heavy atom. The van der Waals surface area contributed by atoms with Crippen LogP contribution < -0.4 is 0 Å². The topological polar surface area (TPSA) is 45.8 Å². The highest BCUT2D eigenvalue weighted by atomic mass is 16.1. The molecule has 1 heterocycles. The number of rotatable bonds is 2. The van der Waals surface area contributed by atoms with Crippen molar-refractivity contribution in [3.05, 3.63) is 53.9 Å². The van der Waals surface area contributed by atoms with Crippen LogP contribution in [0.25, 0.3) is 5.69 Å².